The molecule has 3 aromatic rings. The Bertz CT molecular complexity index is 786. The van der Waals surface area contributed by atoms with Gasteiger partial charge >= 0.3 is 0 Å². The molecule has 1 aromatic carbocycles. The number of aromatic nitrogens is 4. The first-order valence-electron chi connectivity index (χ1n) is 6.65. The van der Waals surface area contributed by atoms with Crippen LogP contribution in [-0.4, -0.2) is 19.9 Å². The first-order chi connectivity index (χ1) is 10.7. The van der Waals surface area contributed by atoms with E-state index in [-0.39, 0.29) is 10.8 Å². The van der Waals surface area contributed by atoms with Crippen molar-refractivity contribution in [3.8, 4) is 11.3 Å². The smallest absolute Gasteiger partial charge is 0.177 e. The number of nitrogens with zero attached hydrogens (tertiary/aromatic N) is 3. The monoisotopic (exact) mass is 318 g/mol. The molecule has 0 aliphatic rings. The Morgan fingerprint density at radius 2 is 1.86 bits per heavy atom. The van der Waals surface area contributed by atoms with Crippen molar-refractivity contribution in [1.82, 2.24) is 19.9 Å². The molecule has 0 spiro atoms. The van der Waals surface area contributed by atoms with Crippen LogP contribution in [0.25, 0.3) is 11.3 Å². The van der Waals surface area contributed by atoms with Gasteiger partial charge in [0.15, 0.2) is 11.0 Å². The van der Waals surface area contributed by atoms with Crippen LogP contribution in [0.5, 0.6) is 0 Å². The van der Waals surface area contributed by atoms with Crippen LogP contribution in [0.4, 0.5) is 8.78 Å². The van der Waals surface area contributed by atoms with E-state index < -0.39 is 5.82 Å². The van der Waals surface area contributed by atoms with Crippen LogP contribution in [0, 0.1) is 11.6 Å². The summed E-state index contributed by atoms with van der Waals surface area (Å²) in [6, 6.07) is 6.05. The molecule has 0 unspecified atom stereocenters. The molecule has 0 atom stereocenters. The van der Waals surface area contributed by atoms with Gasteiger partial charge < -0.3 is 4.98 Å². The number of H-pyrrole nitrogens is 1. The minimum atomic E-state index is -0.422. The number of imidazole rings is 1. The van der Waals surface area contributed by atoms with Gasteiger partial charge in [-0.05, 0) is 48.0 Å². The van der Waals surface area contributed by atoms with Crippen molar-refractivity contribution in [1.29, 1.82) is 0 Å². The van der Waals surface area contributed by atoms with Crippen LogP contribution in [0.3, 0.4) is 0 Å². The summed E-state index contributed by atoms with van der Waals surface area (Å²) in [6.45, 7) is 1.83. The molecular formula is C15H12F2N4S. The first-order valence-corrected chi connectivity index (χ1v) is 7.47. The predicted molar refractivity (Wildman–Crippen MR) is 79.5 cm³/mol. The third-order valence-electron chi connectivity index (χ3n) is 3.07. The van der Waals surface area contributed by atoms with Gasteiger partial charge in [-0.15, -0.1) is 0 Å². The highest BCUT2D eigenvalue weighted by molar-refractivity contribution is 7.99. The SMILES string of the molecule is CCc1ncnc(Sc2ncc(-c3ccc(F)cc3)[nH]2)c1F. The summed E-state index contributed by atoms with van der Waals surface area (Å²) in [6.07, 6.45) is 3.46. The van der Waals surface area contributed by atoms with Gasteiger partial charge in [0.25, 0.3) is 0 Å². The highest BCUT2D eigenvalue weighted by Gasteiger charge is 2.13. The van der Waals surface area contributed by atoms with Crippen molar-refractivity contribution in [2.75, 3.05) is 0 Å². The molecular weight excluding hydrogens is 306 g/mol. The van der Waals surface area contributed by atoms with Crippen molar-refractivity contribution in [3.63, 3.8) is 0 Å². The summed E-state index contributed by atoms with van der Waals surface area (Å²) < 4.78 is 27.0. The zero-order chi connectivity index (χ0) is 15.5. The van der Waals surface area contributed by atoms with Crippen LogP contribution in [-0.2, 0) is 6.42 Å². The average molecular weight is 318 g/mol. The van der Waals surface area contributed by atoms with Gasteiger partial charge in [0, 0.05) is 0 Å². The Hall–Kier alpha value is -2.28. The molecule has 3 rings (SSSR count). The van der Waals surface area contributed by atoms with Crippen molar-refractivity contribution in [2.24, 2.45) is 0 Å². The van der Waals surface area contributed by atoms with Crippen LogP contribution >= 0.6 is 11.8 Å². The van der Waals surface area contributed by atoms with Crippen LogP contribution in [0.1, 0.15) is 12.6 Å². The lowest BCUT2D eigenvalue weighted by Gasteiger charge is -2.02. The predicted octanol–water partition coefficient (Wildman–Crippen LogP) is 3.86. The van der Waals surface area contributed by atoms with Crippen molar-refractivity contribution >= 4 is 11.8 Å². The number of hydrogen-bond acceptors (Lipinski definition) is 4. The summed E-state index contributed by atoms with van der Waals surface area (Å²) >= 11 is 1.10. The number of nitrogens with one attached hydrogen (secondary N) is 1. The number of aryl methyl sites for hydroxylation is 1. The molecule has 4 nitrogen and oxygen atoms in total. The summed E-state index contributed by atoms with van der Waals surface area (Å²) in [5.74, 6) is -0.720. The standard InChI is InChI=1S/C15H12F2N4S/c1-2-11-13(17)14(20-8-19-11)22-15-18-7-12(21-15)9-3-5-10(16)6-4-9/h3-8H,2H2,1H3,(H,18,21). The van der Waals surface area contributed by atoms with E-state index in [1.165, 1.54) is 18.5 Å². The molecule has 0 amide bonds. The Labute approximate surface area is 130 Å². The van der Waals surface area contributed by atoms with E-state index in [2.05, 4.69) is 19.9 Å². The summed E-state index contributed by atoms with van der Waals surface area (Å²) in [5, 5.41) is 0.742. The molecule has 7 heteroatoms. The summed E-state index contributed by atoms with van der Waals surface area (Å²) in [5.41, 5.74) is 1.91. The Balaban J connectivity index is 1.84. The van der Waals surface area contributed by atoms with Crippen LogP contribution in [0.2, 0.25) is 0 Å². The van der Waals surface area contributed by atoms with Gasteiger partial charge in [0.2, 0.25) is 0 Å². The minimum Gasteiger partial charge on any atom is -0.333 e. The first kappa shape index (κ1) is 14.6. The fourth-order valence-electron chi connectivity index (χ4n) is 1.93. The molecule has 2 aromatic heterocycles. The third kappa shape index (κ3) is 2.99. The van der Waals surface area contributed by atoms with E-state index in [0.29, 0.717) is 17.3 Å². The molecule has 112 valence electrons. The molecule has 0 saturated carbocycles. The molecule has 0 radical (unpaired) electrons. The highest BCUT2D eigenvalue weighted by atomic mass is 32.2. The second-order valence-corrected chi connectivity index (χ2v) is 5.48. The lowest BCUT2D eigenvalue weighted by atomic mass is 10.2. The molecule has 0 aliphatic heterocycles. The normalized spacial score (nSPS) is 10.9. The van der Waals surface area contributed by atoms with Gasteiger partial charge in [-0.2, -0.15) is 0 Å². The zero-order valence-electron chi connectivity index (χ0n) is 11.7. The number of hydrogen-bond donors (Lipinski definition) is 1. The van der Waals surface area contributed by atoms with Gasteiger partial charge in [0.05, 0.1) is 17.6 Å². The number of aromatic amines is 1. The third-order valence-corrected chi connectivity index (χ3v) is 3.94. The van der Waals surface area contributed by atoms with E-state index in [1.807, 2.05) is 6.92 Å². The summed E-state index contributed by atoms with van der Waals surface area (Å²) in [4.78, 5) is 15.1. The fourth-order valence-corrected chi connectivity index (χ4v) is 2.68. The number of benzene rings is 1. The maximum absolute atomic E-state index is 14.1. The van der Waals surface area contributed by atoms with E-state index in [4.69, 9.17) is 0 Å². The van der Waals surface area contributed by atoms with Gasteiger partial charge in [-0.1, -0.05) is 6.92 Å². The van der Waals surface area contributed by atoms with Gasteiger partial charge in [-0.25, -0.2) is 23.7 Å². The van der Waals surface area contributed by atoms with E-state index in [1.54, 1.807) is 18.3 Å². The van der Waals surface area contributed by atoms with E-state index in [9.17, 15) is 8.78 Å². The van der Waals surface area contributed by atoms with Gasteiger partial charge in [-0.3, -0.25) is 0 Å². The molecule has 0 saturated heterocycles. The molecule has 0 fully saturated rings. The highest BCUT2D eigenvalue weighted by Crippen LogP contribution is 2.28. The lowest BCUT2D eigenvalue weighted by molar-refractivity contribution is 0.559. The molecule has 1 N–H and O–H groups in total. The van der Waals surface area contributed by atoms with Crippen molar-refractivity contribution in [3.05, 3.63) is 54.1 Å². The maximum Gasteiger partial charge on any atom is 0.177 e. The van der Waals surface area contributed by atoms with Crippen LogP contribution in [0.15, 0.2) is 47.0 Å². The molecule has 0 bridgehead atoms. The topological polar surface area (TPSA) is 54.5 Å². The molecule has 0 aliphatic carbocycles. The summed E-state index contributed by atoms with van der Waals surface area (Å²) in [7, 11) is 0. The Kier molecular flexibility index (Phi) is 4.15. The van der Waals surface area contributed by atoms with Crippen molar-refractivity contribution in [2.45, 2.75) is 23.5 Å². The minimum absolute atomic E-state index is 0.229. The largest absolute Gasteiger partial charge is 0.333 e. The number of rotatable bonds is 4. The zero-order valence-corrected chi connectivity index (χ0v) is 12.5. The second-order valence-electron chi connectivity index (χ2n) is 4.50. The quantitative estimate of drug-likeness (QED) is 0.742. The van der Waals surface area contributed by atoms with E-state index >= 15 is 0 Å². The molecule has 2 heterocycles. The Morgan fingerprint density at radius 1 is 1.09 bits per heavy atom. The second kappa shape index (κ2) is 6.23. The maximum atomic E-state index is 14.1. The van der Waals surface area contributed by atoms with E-state index in [0.717, 1.165) is 23.0 Å². The molecule has 22 heavy (non-hydrogen) atoms. The van der Waals surface area contributed by atoms with Gasteiger partial charge in [0.1, 0.15) is 17.2 Å². The van der Waals surface area contributed by atoms with Crippen LogP contribution < -0.4 is 0 Å². The lowest BCUT2D eigenvalue weighted by Crippen LogP contribution is -1.97. The van der Waals surface area contributed by atoms with Crippen molar-refractivity contribution < 1.29 is 8.78 Å². The fraction of sp³-hybridized carbons (Fsp3) is 0.133. The number of halogens is 2. The Morgan fingerprint density at radius 3 is 2.59 bits per heavy atom. The average Bonchev–Trinajstić information content (AvgIpc) is 2.99.